The quantitative estimate of drug-likeness (QED) is 0.680. The molecule has 0 saturated carbocycles. The van der Waals surface area contributed by atoms with E-state index in [1.807, 2.05) is 13.0 Å². The van der Waals surface area contributed by atoms with Crippen molar-refractivity contribution in [3.63, 3.8) is 0 Å². The second kappa shape index (κ2) is 5.02. The molecule has 0 radical (unpaired) electrons. The van der Waals surface area contributed by atoms with Crippen molar-refractivity contribution in [2.24, 2.45) is 11.7 Å². The minimum atomic E-state index is -1.07. The van der Waals surface area contributed by atoms with E-state index in [0.29, 0.717) is 28.9 Å². The highest BCUT2D eigenvalue weighted by Gasteiger charge is 2.36. The molecule has 0 spiro atoms. The molecule has 1 aromatic rings. The number of primary amides is 1. The number of anilines is 1. The van der Waals surface area contributed by atoms with E-state index in [1.165, 1.54) is 4.90 Å². The normalized spacial score (nSPS) is 28.0. The Morgan fingerprint density at radius 2 is 2.00 bits per heavy atom. The van der Waals surface area contributed by atoms with Gasteiger partial charge in [0, 0.05) is 5.56 Å². The standard InChI is InChI=1S/C16H18N2O3/c1-9-6-7-13-11(8-9)15(20)14(19)10-4-2-3-5-12(10)18(13)16(17)21/h2-7,9,14-15,19-20H,8H2,1H3,(H2,17,21). The molecule has 110 valence electrons. The summed E-state index contributed by atoms with van der Waals surface area (Å²) in [5.74, 6) is 0.238. The fourth-order valence-corrected chi connectivity index (χ4v) is 3.04. The van der Waals surface area contributed by atoms with Gasteiger partial charge in [-0.2, -0.15) is 0 Å². The average Bonchev–Trinajstić information content (AvgIpc) is 2.55. The Bertz CT molecular complexity index is 651. The molecule has 1 heterocycles. The van der Waals surface area contributed by atoms with Crippen LogP contribution in [-0.4, -0.2) is 22.3 Å². The SMILES string of the molecule is CC1C=CC2=C(C1)C(O)C(O)c1ccccc1N2C(N)=O. The maximum atomic E-state index is 11.9. The summed E-state index contributed by atoms with van der Waals surface area (Å²) in [6.45, 7) is 2.02. The first kappa shape index (κ1) is 13.9. The van der Waals surface area contributed by atoms with E-state index < -0.39 is 18.2 Å². The molecule has 5 heteroatoms. The van der Waals surface area contributed by atoms with Crippen molar-refractivity contribution in [3.05, 3.63) is 53.3 Å². The molecule has 0 bridgehead atoms. The van der Waals surface area contributed by atoms with Crippen molar-refractivity contribution in [1.82, 2.24) is 0 Å². The summed E-state index contributed by atoms with van der Waals surface area (Å²) in [5, 5.41) is 20.9. The van der Waals surface area contributed by atoms with E-state index in [2.05, 4.69) is 0 Å². The molecule has 3 rings (SSSR count). The van der Waals surface area contributed by atoms with Crippen LogP contribution in [0.4, 0.5) is 10.5 Å². The van der Waals surface area contributed by atoms with Gasteiger partial charge in [0.05, 0.1) is 11.4 Å². The maximum absolute atomic E-state index is 11.9. The molecular formula is C16H18N2O3. The van der Waals surface area contributed by atoms with E-state index >= 15 is 0 Å². The number of aliphatic hydroxyl groups excluding tert-OH is 2. The molecule has 21 heavy (non-hydrogen) atoms. The van der Waals surface area contributed by atoms with Crippen LogP contribution in [0.3, 0.4) is 0 Å². The summed E-state index contributed by atoms with van der Waals surface area (Å²) in [6, 6.07) is 6.32. The Kier molecular flexibility index (Phi) is 3.31. The van der Waals surface area contributed by atoms with Crippen LogP contribution in [0.25, 0.3) is 0 Å². The summed E-state index contributed by atoms with van der Waals surface area (Å²) >= 11 is 0. The molecule has 5 nitrogen and oxygen atoms in total. The van der Waals surface area contributed by atoms with Gasteiger partial charge in [-0.3, -0.25) is 4.90 Å². The first-order valence-corrected chi connectivity index (χ1v) is 6.96. The summed E-state index contributed by atoms with van der Waals surface area (Å²) in [6.07, 6.45) is 2.24. The summed E-state index contributed by atoms with van der Waals surface area (Å²) in [4.78, 5) is 13.3. The zero-order chi connectivity index (χ0) is 15.1. The second-order valence-electron chi connectivity index (χ2n) is 5.57. The molecule has 1 aromatic carbocycles. The number of carbonyl (C=O) groups is 1. The van der Waals surface area contributed by atoms with Gasteiger partial charge < -0.3 is 15.9 Å². The number of hydrogen-bond donors (Lipinski definition) is 3. The van der Waals surface area contributed by atoms with Gasteiger partial charge in [-0.1, -0.05) is 31.2 Å². The minimum Gasteiger partial charge on any atom is -0.386 e. The van der Waals surface area contributed by atoms with E-state index in [1.54, 1.807) is 30.3 Å². The first-order chi connectivity index (χ1) is 10.0. The fourth-order valence-electron chi connectivity index (χ4n) is 3.04. The van der Waals surface area contributed by atoms with Crippen molar-refractivity contribution >= 4 is 11.7 Å². The Balaban J connectivity index is 2.25. The second-order valence-corrected chi connectivity index (χ2v) is 5.57. The predicted molar refractivity (Wildman–Crippen MR) is 79.4 cm³/mol. The van der Waals surface area contributed by atoms with Crippen molar-refractivity contribution in [1.29, 1.82) is 0 Å². The largest absolute Gasteiger partial charge is 0.386 e. The molecular weight excluding hydrogens is 268 g/mol. The third kappa shape index (κ3) is 2.14. The number of rotatable bonds is 0. The molecule has 1 aliphatic heterocycles. The summed E-state index contributed by atoms with van der Waals surface area (Å²) < 4.78 is 0. The molecule has 1 aliphatic carbocycles. The smallest absolute Gasteiger partial charge is 0.323 e. The van der Waals surface area contributed by atoms with Crippen LogP contribution in [-0.2, 0) is 0 Å². The van der Waals surface area contributed by atoms with Gasteiger partial charge in [-0.25, -0.2) is 4.79 Å². The van der Waals surface area contributed by atoms with Crippen molar-refractivity contribution < 1.29 is 15.0 Å². The van der Waals surface area contributed by atoms with Crippen LogP contribution in [0.2, 0.25) is 0 Å². The van der Waals surface area contributed by atoms with Gasteiger partial charge >= 0.3 is 6.03 Å². The lowest BCUT2D eigenvalue weighted by atomic mass is 9.88. The number of allylic oxidation sites excluding steroid dienone is 2. The molecule has 0 saturated heterocycles. The van der Waals surface area contributed by atoms with E-state index in [-0.39, 0.29) is 5.92 Å². The van der Waals surface area contributed by atoms with Gasteiger partial charge in [-0.05, 0) is 30.1 Å². The monoisotopic (exact) mass is 286 g/mol. The molecule has 0 fully saturated rings. The minimum absolute atomic E-state index is 0.238. The number of benzene rings is 1. The topological polar surface area (TPSA) is 86.8 Å². The molecule has 0 aromatic heterocycles. The van der Waals surface area contributed by atoms with E-state index in [0.717, 1.165) is 0 Å². The lowest BCUT2D eigenvalue weighted by Crippen LogP contribution is -2.36. The number of nitrogens with zero attached hydrogens (tertiary/aromatic N) is 1. The Hall–Kier alpha value is -2.11. The lowest BCUT2D eigenvalue weighted by Gasteiger charge is -2.27. The van der Waals surface area contributed by atoms with Crippen molar-refractivity contribution in [2.75, 3.05) is 4.90 Å². The van der Waals surface area contributed by atoms with Gasteiger partial charge in [-0.15, -0.1) is 0 Å². The Morgan fingerprint density at radius 3 is 2.71 bits per heavy atom. The highest BCUT2D eigenvalue weighted by atomic mass is 16.3. The van der Waals surface area contributed by atoms with Gasteiger partial charge in [0.2, 0.25) is 0 Å². The number of carbonyl (C=O) groups excluding carboxylic acids is 1. The number of fused-ring (bicyclic) bond motifs is 1. The van der Waals surface area contributed by atoms with Gasteiger partial charge in [0.25, 0.3) is 0 Å². The van der Waals surface area contributed by atoms with E-state index in [4.69, 9.17) is 5.73 Å². The van der Waals surface area contributed by atoms with Crippen LogP contribution in [0.5, 0.6) is 0 Å². The third-order valence-corrected chi connectivity index (χ3v) is 4.07. The Morgan fingerprint density at radius 1 is 1.29 bits per heavy atom. The third-order valence-electron chi connectivity index (χ3n) is 4.07. The predicted octanol–water partition coefficient (Wildman–Crippen LogP) is 1.83. The summed E-state index contributed by atoms with van der Waals surface area (Å²) in [7, 11) is 0. The molecule has 2 aliphatic rings. The molecule has 2 amide bonds. The summed E-state index contributed by atoms with van der Waals surface area (Å²) in [5.41, 5.74) is 7.77. The van der Waals surface area contributed by atoms with Crippen LogP contribution < -0.4 is 10.6 Å². The highest BCUT2D eigenvalue weighted by molar-refractivity contribution is 5.96. The number of para-hydroxylation sites is 1. The molecule has 4 N–H and O–H groups in total. The van der Waals surface area contributed by atoms with Gasteiger partial charge in [0.15, 0.2) is 0 Å². The van der Waals surface area contributed by atoms with Crippen LogP contribution in [0.15, 0.2) is 47.7 Å². The number of urea groups is 1. The van der Waals surface area contributed by atoms with Crippen molar-refractivity contribution in [2.45, 2.75) is 25.6 Å². The maximum Gasteiger partial charge on any atom is 0.323 e. The first-order valence-electron chi connectivity index (χ1n) is 6.96. The molecule has 3 unspecified atom stereocenters. The number of nitrogens with two attached hydrogens (primary N) is 1. The number of amides is 2. The van der Waals surface area contributed by atoms with Crippen LogP contribution in [0.1, 0.15) is 25.0 Å². The molecule has 3 atom stereocenters. The van der Waals surface area contributed by atoms with E-state index in [9.17, 15) is 15.0 Å². The fraction of sp³-hybridized carbons (Fsp3) is 0.312. The number of aliphatic hydroxyl groups is 2. The average molecular weight is 286 g/mol. The Labute approximate surface area is 123 Å². The number of hydrogen-bond acceptors (Lipinski definition) is 3. The zero-order valence-corrected chi connectivity index (χ0v) is 11.7. The lowest BCUT2D eigenvalue weighted by molar-refractivity contribution is 0.0392. The van der Waals surface area contributed by atoms with Crippen LogP contribution in [0, 0.1) is 5.92 Å². The zero-order valence-electron chi connectivity index (χ0n) is 11.7. The van der Waals surface area contributed by atoms with Crippen molar-refractivity contribution in [3.8, 4) is 0 Å². The highest BCUT2D eigenvalue weighted by Crippen LogP contribution is 2.41. The van der Waals surface area contributed by atoms with Crippen LogP contribution >= 0.6 is 0 Å². The van der Waals surface area contributed by atoms with Gasteiger partial charge in [0.1, 0.15) is 12.2 Å².